The van der Waals surface area contributed by atoms with Gasteiger partial charge in [0.05, 0.1) is 17.7 Å². The Labute approximate surface area is 168 Å². The molecule has 0 radical (unpaired) electrons. The fourth-order valence-corrected chi connectivity index (χ4v) is 3.90. The summed E-state index contributed by atoms with van der Waals surface area (Å²) in [5, 5.41) is 6.45. The molecule has 28 heavy (non-hydrogen) atoms. The van der Waals surface area contributed by atoms with Crippen molar-refractivity contribution in [3.8, 4) is 0 Å². The summed E-state index contributed by atoms with van der Waals surface area (Å²) in [5.41, 5.74) is 3.21. The highest BCUT2D eigenvalue weighted by Gasteiger charge is 2.22. The lowest BCUT2D eigenvalue weighted by molar-refractivity contribution is -0.121. The van der Waals surface area contributed by atoms with Crippen LogP contribution in [0.2, 0.25) is 5.02 Å². The lowest BCUT2D eigenvalue weighted by Crippen LogP contribution is -2.36. The first-order valence-electron chi connectivity index (χ1n) is 8.39. The van der Waals surface area contributed by atoms with Gasteiger partial charge in [0.15, 0.2) is 0 Å². The lowest BCUT2D eigenvalue weighted by atomic mass is 10.1. The van der Waals surface area contributed by atoms with Gasteiger partial charge >= 0.3 is 0 Å². The number of fused-ring (bicyclic) bond motifs is 1. The third kappa shape index (κ3) is 4.56. The molecule has 0 saturated carbocycles. The van der Waals surface area contributed by atoms with Crippen LogP contribution >= 0.6 is 11.6 Å². The minimum atomic E-state index is -3.79. The summed E-state index contributed by atoms with van der Waals surface area (Å²) in [7, 11) is -2.46. The summed E-state index contributed by atoms with van der Waals surface area (Å²) in [6, 6.07) is 19.3. The summed E-state index contributed by atoms with van der Waals surface area (Å²) in [5.74, 6) is -0.545. The van der Waals surface area contributed by atoms with Crippen LogP contribution in [0.25, 0.3) is 10.8 Å². The lowest BCUT2D eigenvalue weighted by Gasteiger charge is -2.16. The van der Waals surface area contributed by atoms with Crippen molar-refractivity contribution in [2.75, 3.05) is 13.6 Å². The van der Waals surface area contributed by atoms with E-state index in [1.54, 1.807) is 0 Å². The molecule has 1 N–H and O–H groups in total. The maximum absolute atomic E-state index is 12.5. The van der Waals surface area contributed by atoms with E-state index in [0.29, 0.717) is 5.02 Å². The van der Waals surface area contributed by atoms with Gasteiger partial charge in [0, 0.05) is 17.6 Å². The van der Waals surface area contributed by atoms with E-state index < -0.39 is 15.9 Å². The summed E-state index contributed by atoms with van der Waals surface area (Å²) >= 11 is 5.78. The van der Waals surface area contributed by atoms with Gasteiger partial charge in [-0.2, -0.15) is 9.41 Å². The highest BCUT2D eigenvalue weighted by atomic mass is 35.5. The van der Waals surface area contributed by atoms with Crippen molar-refractivity contribution in [1.29, 1.82) is 0 Å². The molecule has 8 heteroatoms. The van der Waals surface area contributed by atoms with Gasteiger partial charge in [-0.1, -0.05) is 54.1 Å². The Bertz CT molecular complexity index is 1120. The molecule has 0 spiro atoms. The Balaban J connectivity index is 1.65. The average molecular weight is 416 g/mol. The van der Waals surface area contributed by atoms with E-state index >= 15 is 0 Å². The van der Waals surface area contributed by atoms with E-state index in [4.69, 9.17) is 11.6 Å². The molecule has 0 saturated heterocycles. The summed E-state index contributed by atoms with van der Waals surface area (Å²) in [4.78, 5) is 12.1. The zero-order valence-electron chi connectivity index (χ0n) is 15.0. The number of carbonyl (C=O) groups excluding carboxylic acids is 1. The number of nitrogens with zero attached hydrogens (tertiary/aromatic N) is 2. The standard InChI is InChI=1S/C20H18ClN3O3S/c1-24(28(26,27)18-11-9-17(21)10-12-18)14-20(25)23-22-13-16-7-4-6-15-5-2-3-8-19(15)16/h2-13H,14H2,1H3,(H,23,25)/b22-13-. The van der Waals surface area contributed by atoms with Crippen molar-refractivity contribution < 1.29 is 13.2 Å². The van der Waals surface area contributed by atoms with Crippen LogP contribution in [-0.2, 0) is 14.8 Å². The first kappa shape index (κ1) is 20.0. The Kier molecular flexibility index (Phi) is 6.08. The third-order valence-corrected chi connectivity index (χ3v) is 6.17. The Morgan fingerprint density at radius 3 is 2.50 bits per heavy atom. The number of nitrogens with one attached hydrogen (secondary N) is 1. The first-order chi connectivity index (χ1) is 13.4. The molecule has 1 amide bonds. The quantitative estimate of drug-likeness (QED) is 0.495. The highest BCUT2D eigenvalue weighted by molar-refractivity contribution is 7.89. The second kappa shape index (κ2) is 8.52. The van der Waals surface area contributed by atoms with Gasteiger partial charge in [-0.15, -0.1) is 0 Å². The number of rotatable bonds is 6. The van der Waals surface area contributed by atoms with E-state index in [0.717, 1.165) is 20.6 Å². The van der Waals surface area contributed by atoms with Crippen LogP contribution in [-0.4, -0.2) is 38.4 Å². The molecular weight excluding hydrogens is 398 g/mol. The van der Waals surface area contributed by atoms with E-state index in [-0.39, 0.29) is 11.4 Å². The smallest absolute Gasteiger partial charge is 0.255 e. The van der Waals surface area contributed by atoms with Gasteiger partial charge in [0.25, 0.3) is 5.91 Å². The van der Waals surface area contributed by atoms with Crippen LogP contribution in [0.3, 0.4) is 0 Å². The minimum Gasteiger partial charge on any atom is -0.272 e. The second-order valence-corrected chi connectivity index (χ2v) is 8.56. The van der Waals surface area contributed by atoms with Crippen LogP contribution in [0.1, 0.15) is 5.56 Å². The minimum absolute atomic E-state index is 0.0615. The molecule has 0 aliphatic carbocycles. The topological polar surface area (TPSA) is 78.8 Å². The monoisotopic (exact) mass is 415 g/mol. The molecule has 3 aromatic rings. The third-order valence-electron chi connectivity index (χ3n) is 4.10. The van der Waals surface area contributed by atoms with Gasteiger partial charge in [0.1, 0.15) is 0 Å². The number of carbonyl (C=O) groups is 1. The molecule has 0 fully saturated rings. The van der Waals surface area contributed by atoms with Gasteiger partial charge in [-0.05, 0) is 35.0 Å². The largest absolute Gasteiger partial charge is 0.272 e. The van der Waals surface area contributed by atoms with Crippen LogP contribution in [0.5, 0.6) is 0 Å². The molecule has 6 nitrogen and oxygen atoms in total. The second-order valence-electron chi connectivity index (χ2n) is 6.08. The molecule has 3 rings (SSSR count). The fourth-order valence-electron chi connectivity index (χ4n) is 2.65. The number of hydrogen-bond acceptors (Lipinski definition) is 4. The zero-order valence-corrected chi connectivity index (χ0v) is 16.6. The molecule has 0 unspecified atom stereocenters. The van der Waals surface area contributed by atoms with Gasteiger partial charge in [-0.3, -0.25) is 4.79 Å². The molecule has 0 aromatic heterocycles. The maximum atomic E-state index is 12.5. The van der Waals surface area contributed by atoms with Crippen molar-refractivity contribution >= 4 is 44.5 Å². The van der Waals surface area contributed by atoms with Crippen molar-refractivity contribution in [3.05, 3.63) is 77.3 Å². The molecule has 0 aliphatic rings. The van der Waals surface area contributed by atoms with E-state index in [2.05, 4.69) is 10.5 Å². The number of hydrogen-bond donors (Lipinski definition) is 1. The molecule has 0 aliphatic heterocycles. The fraction of sp³-hybridized carbons (Fsp3) is 0.100. The first-order valence-corrected chi connectivity index (χ1v) is 10.2. The van der Waals surface area contributed by atoms with Gasteiger partial charge < -0.3 is 0 Å². The maximum Gasteiger partial charge on any atom is 0.255 e. The predicted octanol–water partition coefficient (Wildman–Crippen LogP) is 3.26. The van der Waals surface area contributed by atoms with Gasteiger partial charge in [-0.25, -0.2) is 13.8 Å². The van der Waals surface area contributed by atoms with Crippen molar-refractivity contribution in [2.45, 2.75) is 4.90 Å². The number of sulfonamides is 1. The number of hydrazone groups is 1. The normalized spacial score (nSPS) is 12.0. The highest BCUT2D eigenvalue weighted by Crippen LogP contribution is 2.18. The molecule has 3 aromatic carbocycles. The average Bonchev–Trinajstić information content (AvgIpc) is 2.68. The molecular formula is C20H18ClN3O3S. The number of halogens is 1. The summed E-state index contributed by atoms with van der Waals surface area (Å²) in [6.07, 6.45) is 1.54. The SMILES string of the molecule is CN(CC(=O)N/N=C\c1cccc2ccccc12)S(=O)(=O)c1ccc(Cl)cc1. The molecule has 0 atom stereocenters. The van der Waals surface area contributed by atoms with E-state index in [1.807, 2.05) is 42.5 Å². The zero-order chi connectivity index (χ0) is 20.1. The van der Waals surface area contributed by atoms with Crippen LogP contribution in [0, 0.1) is 0 Å². The van der Waals surface area contributed by atoms with Gasteiger partial charge in [0.2, 0.25) is 10.0 Å². The van der Waals surface area contributed by atoms with Crippen LogP contribution in [0.4, 0.5) is 0 Å². The van der Waals surface area contributed by atoms with Crippen molar-refractivity contribution in [2.24, 2.45) is 5.10 Å². The van der Waals surface area contributed by atoms with Crippen molar-refractivity contribution in [3.63, 3.8) is 0 Å². The van der Waals surface area contributed by atoms with Crippen LogP contribution < -0.4 is 5.43 Å². The summed E-state index contributed by atoms with van der Waals surface area (Å²) < 4.78 is 25.9. The predicted molar refractivity (Wildman–Crippen MR) is 111 cm³/mol. The number of benzene rings is 3. The number of amides is 1. The Morgan fingerprint density at radius 1 is 1.07 bits per heavy atom. The molecule has 144 valence electrons. The van der Waals surface area contributed by atoms with E-state index in [9.17, 15) is 13.2 Å². The van der Waals surface area contributed by atoms with Crippen LogP contribution in [0.15, 0.2) is 76.7 Å². The van der Waals surface area contributed by atoms with Crippen molar-refractivity contribution in [1.82, 2.24) is 9.73 Å². The molecule has 0 heterocycles. The van der Waals surface area contributed by atoms with E-state index in [1.165, 1.54) is 37.5 Å². The Hall–Kier alpha value is -2.74. The Morgan fingerprint density at radius 2 is 1.75 bits per heavy atom. The number of likely N-dealkylation sites (N-methyl/N-ethyl adjacent to an activating group) is 1. The summed E-state index contributed by atoms with van der Waals surface area (Å²) in [6.45, 7) is -0.363. The molecule has 0 bridgehead atoms.